The monoisotopic (exact) mass is 292 g/mol. The van der Waals surface area contributed by atoms with Crippen LogP contribution in [0, 0.1) is 0 Å². The molecule has 7 nitrogen and oxygen atoms in total. The maximum absolute atomic E-state index is 11.6. The van der Waals surface area contributed by atoms with E-state index in [-0.39, 0.29) is 31.8 Å². The minimum absolute atomic E-state index is 0.114. The third-order valence-electron chi connectivity index (χ3n) is 3.63. The number of rotatable bonds is 4. The standard InChI is InChI=1S/C11H20N2O5S/c1-4-13(9(2)14)11(10(15)16)5-7-12(8-6-11)19(3,17)18/h4-8H2,1-3H3,(H,15,16). The summed E-state index contributed by atoms with van der Waals surface area (Å²) >= 11 is 0. The van der Waals surface area contributed by atoms with Crippen molar-refractivity contribution >= 4 is 21.9 Å². The number of carbonyl (C=O) groups is 2. The van der Waals surface area contributed by atoms with Gasteiger partial charge in [-0.25, -0.2) is 17.5 Å². The zero-order chi connectivity index (χ0) is 14.8. The summed E-state index contributed by atoms with van der Waals surface area (Å²) in [5, 5.41) is 9.47. The fraction of sp³-hybridized carbons (Fsp3) is 0.818. The van der Waals surface area contributed by atoms with E-state index in [0.29, 0.717) is 6.54 Å². The van der Waals surface area contributed by atoms with Crippen LogP contribution < -0.4 is 0 Å². The van der Waals surface area contributed by atoms with E-state index < -0.39 is 21.5 Å². The van der Waals surface area contributed by atoms with Crippen LogP contribution in [0.15, 0.2) is 0 Å². The molecule has 1 aliphatic heterocycles. The molecule has 1 fully saturated rings. The Morgan fingerprint density at radius 2 is 1.79 bits per heavy atom. The Bertz CT molecular complexity index is 465. The summed E-state index contributed by atoms with van der Waals surface area (Å²) < 4.78 is 24.1. The number of carboxylic acids is 1. The van der Waals surface area contributed by atoms with Crippen molar-refractivity contribution in [1.29, 1.82) is 0 Å². The number of hydrogen-bond donors (Lipinski definition) is 1. The van der Waals surface area contributed by atoms with Crippen molar-refractivity contribution < 1.29 is 23.1 Å². The minimum Gasteiger partial charge on any atom is -0.479 e. The van der Waals surface area contributed by atoms with E-state index in [2.05, 4.69) is 0 Å². The number of hydrogen-bond acceptors (Lipinski definition) is 4. The lowest BCUT2D eigenvalue weighted by Gasteiger charge is -2.44. The van der Waals surface area contributed by atoms with Gasteiger partial charge in [-0.3, -0.25) is 4.79 Å². The second-order valence-corrected chi connectivity index (χ2v) is 6.74. The van der Waals surface area contributed by atoms with Crippen LogP contribution in [0.3, 0.4) is 0 Å². The number of carbonyl (C=O) groups excluding carboxylic acids is 1. The van der Waals surface area contributed by atoms with Crippen molar-refractivity contribution in [3.63, 3.8) is 0 Å². The molecule has 0 bridgehead atoms. The molecule has 110 valence electrons. The maximum atomic E-state index is 11.6. The van der Waals surface area contributed by atoms with Crippen LogP contribution in [0.1, 0.15) is 26.7 Å². The van der Waals surface area contributed by atoms with Gasteiger partial charge in [0, 0.05) is 26.6 Å². The van der Waals surface area contributed by atoms with Gasteiger partial charge in [0.2, 0.25) is 15.9 Å². The summed E-state index contributed by atoms with van der Waals surface area (Å²) in [7, 11) is -3.32. The average molecular weight is 292 g/mol. The van der Waals surface area contributed by atoms with Gasteiger partial charge in [0.05, 0.1) is 6.26 Å². The quantitative estimate of drug-likeness (QED) is 0.770. The molecule has 1 saturated heterocycles. The number of sulfonamides is 1. The van der Waals surface area contributed by atoms with Gasteiger partial charge >= 0.3 is 5.97 Å². The van der Waals surface area contributed by atoms with Gasteiger partial charge in [-0.05, 0) is 19.8 Å². The first kappa shape index (κ1) is 15.9. The topological polar surface area (TPSA) is 95.0 Å². The molecule has 1 aliphatic rings. The molecule has 1 N–H and O–H groups in total. The van der Waals surface area contributed by atoms with E-state index in [1.165, 1.54) is 16.1 Å². The maximum Gasteiger partial charge on any atom is 0.329 e. The van der Waals surface area contributed by atoms with Crippen LogP contribution in [-0.4, -0.2) is 66.0 Å². The van der Waals surface area contributed by atoms with Gasteiger partial charge in [0.25, 0.3) is 0 Å². The van der Waals surface area contributed by atoms with Crippen molar-refractivity contribution in [1.82, 2.24) is 9.21 Å². The first-order valence-electron chi connectivity index (χ1n) is 6.12. The van der Waals surface area contributed by atoms with Crippen LogP contribution in [0.4, 0.5) is 0 Å². The van der Waals surface area contributed by atoms with E-state index >= 15 is 0 Å². The number of carboxylic acid groups (broad SMARTS) is 1. The van der Waals surface area contributed by atoms with Crippen LogP contribution >= 0.6 is 0 Å². The molecule has 0 spiro atoms. The molecule has 1 amide bonds. The van der Waals surface area contributed by atoms with Gasteiger partial charge < -0.3 is 10.0 Å². The van der Waals surface area contributed by atoms with E-state index in [9.17, 15) is 23.1 Å². The van der Waals surface area contributed by atoms with Gasteiger partial charge in [0.15, 0.2) is 0 Å². The van der Waals surface area contributed by atoms with Gasteiger partial charge in [-0.15, -0.1) is 0 Å². The highest BCUT2D eigenvalue weighted by atomic mass is 32.2. The molecule has 0 unspecified atom stereocenters. The molecule has 0 aromatic heterocycles. The Hall–Kier alpha value is -1.15. The van der Waals surface area contributed by atoms with E-state index in [1.807, 2.05) is 0 Å². The fourth-order valence-corrected chi connectivity index (χ4v) is 3.46. The molecule has 0 aromatic carbocycles. The SMILES string of the molecule is CCN(C(C)=O)C1(C(=O)O)CCN(S(C)(=O)=O)CC1. The van der Waals surface area contributed by atoms with Crippen molar-refractivity contribution in [2.45, 2.75) is 32.2 Å². The van der Waals surface area contributed by atoms with Gasteiger partial charge in [0.1, 0.15) is 5.54 Å². The van der Waals surface area contributed by atoms with Crippen LogP contribution in [0.25, 0.3) is 0 Å². The third-order valence-corrected chi connectivity index (χ3v) is 4.93. The molecular formula is C11H20N2O5S. The van der Waals surface area contributed by atoms with Gasteiger partial charge in [-0.1, -0.05) is 0 Å². The van der Waals surface area contributed by atoms with Crippen molar-refractivity contribution in [3.05, 3.63) is 0 Å². The molecule has 1 heterocycles. The Labute approximate surface area is 113 Å². The fourth-order valence-electron chi connectivity index (χ4n) is 2.61. The molecule has 1 rings (SSSR count). The van der Waals surface area contributed by atoms with E-state index in [4.69, 9.17) is 0 Å². The molecule has 0 radical (unpaired) electrons. The van der Waals surface area contributed by atoms with Crippen LogP contribution in [0.5, 0.6) is 0 Å². The van der Waals surface area contributed by atoms with Crippen molar-refractivity contribution in [3.8, 4) is 0 Å². The first-order valence-corrected chi connectivity index (χ1v) is 7.96. The second kappa shape index (κ2) is 5.46. The highest BCUT2D eigenvalue weighted by Crippen LogP contribution is 2.30. The second-order valence-electron chi connectivity index (χ2n) is 4.76. The van der Waals surface area contributed by atoms with E-state index in [1.54, 1.807) is 6.92 Å². The lowest BCUT2D eigenvalue weighted by Crippen LogP contribution is -2.61. The zero-order valence-corrected chi connectivity index (χ0v) is 12.2. The highest BCUT2D eigenvalue weighted by molar-refractivity contribution is 7.88. The molecule has 0 aliphatic carbocycles. The highest BCUT2D eigenvalue weighted by Gasteiger charge is 2.48. The predicted octanol–water partition coefficient (Wildman–Crippen LogP) is -0.266. The third kappa shape index (κ3) is 3.06. The van der Waals surface area contributed by atoms with Crippen LogP contribution in [0.2, 0.25) is 0 Å². The summed E-state index contributed by atoms with van der Waals surface area (Å²) in [4.78, 5) is 24.5. The number of likely N-dealkylation sites (N-methyl/N-ethyl adjacent to an activating group) is 1. The zero-order valence-electron chi connectivity index (χ0n) is 11.4. The van der Waals surface area contributed by atoms with Gasteiger partial charge in [-0.2, -0.15) is 0 Å². The Kier molecular flexibility index (Phi) is 4.57. The molecule has 8 heteroatoms. The number of nitrogens with zero attached hydrogens (tertiary/aromatic N) is 2. The number of aliphatic carboxylic acids is 1. The molecule has 0 saturated carbocycles. The largest absolute Gasteiger partial charge is 0.479 e. The molecular weight excluding hydrogens is 272 g/mol. The minimum atomic E-state index is -3.32. The average Bonchev–Trinajstić information content (AvgIpc) is 2.28. The normalized spacial score (nSPS) is 19.9. The molecule has 19 heavy (non-hydrogen) atoms. The number of piperidine rings is 1. The lowest BCUT2D eigenvalue weighted by molar-refractivity contribution is -0.161. The van der Waals surface area contributed by atoms with Crippen molar-refractivity contribution in [2.75, 3.05) is 25.9 Å². The molecule has 0 atom stereocenters. The predicted molar refractivity (Wildman–Crippen MR) is 69.1 cm³/mol. The molecule has 0 aromatic rings. The number of amides is 1. The summed E-state index contributed by atoms with van der Waals surface area (Å²) in [5.41, 5.74) is -1.29. The summed E-state index contributed by atoms with van der Waals surface area (Å²) in [6.45, 7) is 3.58. The van der Waals surface area contributed by atoms with Crippen molar-refractivity contribution in [2.24, 2.45) is 0 Å². The Morgan fingerprint density at radius 1 is 1.32 bits per heavy atom. The Morgan fingerprint density at radius 3 is 2.05 bits per heavy atom. The summed E-state index contributed by atoms with van der Waals surface area (Å²) in [6.07, 6.45) is 1.33. The summed E-state index contributed by atoms with van der Waals surface area (Å²) in [5.74, 6) is -1.38. The lowest BCUT2D eigenvalue weighted by atomic mass is 9.86. The Balaban J connectivity index is 3.01. The van der Waals surface area contributed by atoms with Crippen LogP contribution in [-0.2, 0) is 19.6 Å². The smallest absolute Gasteiger partial charge is 0.329 e. The summed E-state index contributed by atoms with van der Waals surface area (Å²) in [6, 6.07) is 0. The van der Waals surface area contributed by atoms with E-state index in [0.717, 1.165) is 6.26 Å². The first-order chi connectivity index (χ1) is 8.65.